The molecule has 0 aromatic carbocycles. The summed E-state index contributed by atoms with van der Waals surface area (Å²) in [6.07, 6.45) is 3.53. The highest BCUT2D eigenvalue weighted by Crippen LogP contribution is 2.12. The van der Waals surface area contributed by atoms with Gasteiger partial charge in [-0.1, -0.05) is 6.08 Å². The van der Waals surface area contributed by atoms with E-state index in [9.17, 15) is 4.79 Å². The van der Waals surface area contributed by atoms with Crippen molar-refractivity contribution in [3.05, 3.63) is 30.5 Å². The fourth-order valence-electron chi connectivity index (χ4n) is 0.890. The molecule has 13 heavy (non-hydrogen) atoms. The van der Waals surface area contributed by atoms with Crippen LogP contribution in [0.5, 0.6) is 5.88 Å². The second-order valence-corrected chi connectivity index (χ2v) is 2.42. The van der Waals surface area contributed by atoms with E-state index in [-0.39, 0.29) is 0 Å². The normalized spacial score (nSPS) is 9.31. The Labute approximate surface area is 76.2 Å². The van der Waals surface area contributed by atoms with E-state index >= 15 is 0 Å². The van der Waals surface area contributed by atoms with Crippen LogP contribution >= 0.6 is 0 Å². The number of allylic oxidation sites excluding steroid dienone is 1. The van der Waals surface area contributed by atoms with Gasteiger partial charge in [0, 0.05) is 12.3 Å². The first-order valence-electron chi connectivity index (χ1n) is 3.80. The third-order valence-electron chi connectivity index (χ3n) is 1.46. The molecule has 0 bridgehead atoms. The number of carbonyl (C=O) groups is 1. The third-order valence-corrected chi connectivity index (χ3v) is 1.46. The van der Waals surface area contributed by atoms with Crippen molar-refractivity contribution < 1.29 is 14.3 Å². The van der Waals surface area contributed by atoms with Gasteiger partial charge in [-0.3, -0.25) is 0 Å². The van der Waals surface area contributed by atoms with Crippen LogP contribution in [-0.2, 0) is 11.2 Å². The summed E-state index contributed by atoms with van der Waals surface area (Å²) in [4.78, 5) is 13.4. The predicted octanol–water partition coefficient (Wildman–Crippen LogP) is 1.89. The number of methoxy groups -OCH3 is 1. The van der Waals surface area contributed by atoms with Gasteiger partial charge in [0.1, 0.15) is 0 Å². The zero-order valence-corrected chi connectivity index (χ0v) is 7.37. The fraction of sp³-hybridized carbons (Fsp3) is 0.222. The number of hydrogen-bond acceptors (Lipinski definition) is 3. The summed E-state index contributed by atoms with van der Waals surface area (Å²) in [5.41, 5.74) is 1.01. The van der Waals surface area contributed by atoms with Crippen molar-refractivity contribution in [1.82, 2.24) is 4.98 Å². The molecule has 1 rings (SSSR count). The minimum absolute atomic E-state index is 0.378. The summed E-state index contributed by atoms with van der Waals surface area (Å²) in [5.74, 6) is 0.378. The molecule has 70 valence electrons. The summed E-state index contributed by atoms with van der Waals surface area (Å²) in [5, 5.41) is 0. The number of rotatable bonds is 3. The molecule has 1 aromatic rings. The molecule has 1 aromatic heterocycles. The molecule has 0 radical (unpaired) electrons. The maximum atomic E-state index is 10.7. The second kappa shape index (κ2) is 4.35. The maximum Gasteiger partial charge on any atom is 0.514 e. The van der Waals surface area contributed by atoms with Crippen molar-refractivity contribution in [2.24, 2.45) is 0 Å². The summed E-state index contributed by atoms with van der Waals surface area (Å²) in [7, 11) is 1.26. The smallest absolute Gasteiger partial charge is 0.437 e. The molecule has 0 unspecified atom stereocenters. The number of carbonyl (C=O) groups excluding carboxylic acids is 1. The van der Waals surface area contributed by atoms with Crippen LogP contribution in [0.2, 0.25) is 0 Å². The average molecular weight is 181 g/mol. The molecule has 0 fully saturated rings. The zero-order valence-electron chi connectivity index (χ0n) is 7.37. The quantitative estimate of drug-likeness (QED) is 0.572. The molecule has 0 aliphatic heterocycles. The van der Waals surface area contributed by atoms with E-state index in [1.54, 1.807) is 18.3 Å². The Morgan fingerprint density at radius 2 is 2.54 bits per heavy atom. The minimum Gasteiger partial charge on any atom is -0.437 e. The van der Waals surface area contributed by atoms with Crippen molar-refractivity contribution in [3.8, 4) is 5.88 Å². The largest absolute Gasteiger partial charge is 0.514 e. The first kappa shape index (κ1) is 9.38. The lowest BCUT2D eigenvalue weighted by atomic mass is 10.2. The fourth-order valence-corrected chi connectivity index (χ4v) is 0.890. The highest BCUT2D eigenvalue weighted by atomic mass is 16.7. The number of hydrogen-bond donors (Lipinski definition) is 1. The van der Waals surface area contributed by atoms with Gasteiger partial charge in [-0.2, -0.15) is 0 Å². The highest BCUT2D eigenvalue weighted by molar-refractivity contribution is 5.62. The van der Waals surface area contributed by atoms with Crippen molar-refractivity contribution in [2.45, 2.75) is 6.42 Å². The van der Waals surface area contributed by atoms with E-state index in [2.05, 4.69) is 16.3 Å². The van der Waals surface area contributed by atoms with Crippen LogP contribution in [0.3, 0.4) is 0 Å². The molecule has 0 amide bonds. The molecule has 4 nitrogen and oxygen atoms in total. The Morgan fingerprint density at radius 3 is 3.15 bits per heavy atom. The summed E-state index contributed by atoms with van der Waals surface area (Å²) in [6, 6.07) is 1.72. The maximum absolute atomic E-state index is 10.7. The molecule has 0 aliphatic rings. The van der Waals surface area contributed by atoms with E-state index in [1.165, 1.54) is 7.11 Å². The van der Waals surface area contributed by atoms with Crippen molar-refractivity contribution in [1.29, 1.82) is 0 Å². The van der Waals surface area contributed by atoms with Crippen LogP contribution in [0.1, 0.15) is 5.56 Å². The lowest BCUT2D eigenvalue weighted by Crippen LogP contribution is -2.07. The molecular weight excluding hydrogens is 170 g/mol. The van der Waals surface area contributed by atoms with E-state index < -0.39 is 6.16 Å². The van der Waals surface area contributed by atoms with Crippen LogP contribution in [0, 0.1) is 0 Å². The Bertz CT molecular complexity index is 304. The molecular formula is C9H11NO3. The Kier molecular flexibility index (Phi) is 3.14. The summed E-state index contributed by atoms with van der Waals surface area (Å²) < 4.78 is 9.06. The standard InChI is InChI=1S/C9H11NO3/c1-3-4-7-5-8(10-6-7)13-9(11)12-2/h3,5-6,10H,1,4H2,2H3. The van der Waals surface area contributed by atoms with Crippen LogP contribution in [0.4, 0.5) is 4.79 Å². The van der Waals surface area contributed by atoms with E-state index in [0.29, 0.717) is 5.88 Å². The molecule has 1 N–H and O–H groups in total. The summed E-state index contributed by atoms with van der Waals surface area (Å²) in [6.45, 7) is 3.60. The van der Waals surface area contributed by atoms with Gasteiger partial charge in [-0.25, -0.2) is 4.79 Å². The predicted molar refractivity (Wildman–Crippen MR) is 47.7 cm³/mol. The molecule has 0 spiro atoms. The molecule has 0 aliphatic carbocycles. The first-order valence-corrected chi connectivity index (χ1v) is 3.80. The van der Waals surface area contributed by atoms with Crippen LogP contribution < -0.4 is 4.74 Å². The van der Waals surface area contributed by atoms with Gasteiger partial charge in [0.05, 0.1) is 7.11 Å². The second-order valence-electron chi connectivity index (χ2n) is 2.42. The number of aromatic nitrogens is 1. The summed E-state index contributed by atoms with van der Waals surface area (Å²) >= 11 is 0. The lowest BCUT2D eigenvalue weighted by molar-refractivity contribution is 0.120. The molecule has 4 heteroatoms. The van der Waals surface area contributed by atoms with Gasteiger partial charge in [-0.15, -0.1) is 6.58 Å². The van der Waals surface area contributed by atoms with E-state index in [1.807, 2.05) is 0 Å². The van der Waals surface area contributed by atoms with Crippen LogP contribution in [0.15, 0.2) is 24.9 Å². The minimum atomic E-state index is -0.730. The van der Waals surface area contributed by atoms with Crippen molar-refractivity contribution in [2.75, 3.05) is 7.11 Å². The highest BCUT2D eigenvalue weighted by Gasteiger charge is 2.04. The van der Waals surface area contributed by atoms with Gasteiger partial charge in [0.25, 0.3) is 0 Å². The zero-order chi connectivity index (χ0) is 9.68. The van der Waals surface area contributed by atoms with Gasteiger partial charge in [0.2, 0.25) is 5.88 Å². The first-order chi connectivity index (χ1) is 6.26. The molecule has 0 atom stereocenters. The van der Waals surface area contributed by atoms with Crippen molar-refractivity contribution >= 4 is 6.16 Å². The molecule has 1 heterocycles. The monoisotopic (exact) mass is 181 g/mol. The topological polar surface area (TPSA) is 51.3 Å². The van der Waals surface area contributed by atoms with Crippen molar-refractivity contribution in [3.63, 3.8) is 0 Å². The lowest BCUT2D eigenvalue weighted by Gasteiger charge is -1.97. The van der Waals surface area contributed by atoms with Gasteiger partial charge >= 0.3 is 6.16 Å². The Morgan fingerprint density at radius 1 is 1.77 bits per heavy atom. The van der Waals surface area contributed by atoms with Gasteiger partial charge < -0.3 is 14.5 Å². The SMILES string of the molecule is C=CCc1c[nH]c(OC(=O)OC)c1. The number of H-pyrrole nitrogens is 1. The molecule has 0 saturated heterocycles. The van der Waals surface area contributed by atoms with E-state index in [0.717, 1.165) is 12.0 Å². The molecule has 0 saturated carbocycles. The van der Waals surface area contributed by atoms with Gasteiger partial charge in [-0.05, 0) is 12.0 Å². The number of nitrogens with one attached hydrogen (secondary N) is 1. The average Bonchev–Trinajstić information content (AvgIpc) is 2.53. The number of ether oxygens (including phenoxy) is 2. The van der Waals surface area contributed by atoms with E-state index in [4.69, 9.17) is 4.74 Å². The number of aromatic amines is 1. The third kappa shape index (κ3) is 2.66. The van der Waals surface area contributed by atoms with Gasteiger partial charge in [0.15, 0.2) is 0 Å². The Balaban J connectivity index is 2.58. The van der Waals surface area contributed by atoms with Crippen LogP contribution in [0.25, 0.3) is 0 Å². The van der Waals surface area contributed by atoms with Crippen LogP contribution in [-0.4, -0.2) is 18.2 Å². The Hall–Kier alpha value is -1.71.